The molecule has 0 N–H and O–H groups in total. The summed E-state index contributed by atoms with van der Waals surface area (Å²) >= 11 is 6.88. The van der Waals surface area contributed by atoms with Crippen LogP contribution in [-0.2, 0) is 11.9 Å². The first-order valence-electron chi connectivity index (χ1n) is 5.50. The van der Waals surface area contributed by atoms with Crippen molar-refractivity contribution in [2.75, 3.05) is 0 Å². The Kier molecular flexibility index (Phi) is 4.34. The Labute approximate surface area is 118 Å². The van der Waals surface area contributed by atoms with Crippen LogP contribution in [0.2, 0.25) is 0 Å². The maximum Gasteiger partial charge on any atom is 0.163 e. The summed E-state index contributed by atoms with van der Waals surface area (Å²) in [7, 11) is 0. The summed E-state index contributed by atoms with van der Waals surface area (Å²) in [5, 5.41) is 9.21. The van der Waals surface area contributed by atoms with Crippen LogP contribution in [-0.4, -0.2) is 14.8 Å². The SMILES string of the molecule is CCCn1c(CBr)nnc1-c1ccc(Br)cc1. The fourth-order valence-corrected chi connectivity index (χ4v) is 2.38. The molecule has 0 amide bonds. The highest BCUT2D eigenvalue weighted by molar-refractivity contribution is 9.10. The third-order valence-electron chi connectivity index (χ3n) is 2.50. The lowest BCUT2D eigenvalue weighted by Gasteiger charge is -2.07. The Balaban J connectivity index is 2.43. The molecule has 3 nitrogen and oxygen atoms in total. The molecule has 0 saturated carbocycles. The minimum atomic E-state index is 0.733. The van der Waals surface area contributed by atoms with Crippen LogP contribution in [0.4, 0.5) is 0 Å². The van der Waals surface area contributed by atoms with E-state index in [1.807, 2.05) is 12.1 Å². The van der Waals surface area contributed by atoms with E-state index in [4.69, 9.17) is 0 Å². The topological polar surface area (TPSA) is 30.7 Å². The number of hydrogen-bond donors (Lipinski definition) is 0. The molecular formula is C12H13Br2N3. The zero-order chi connectivity index (χ0) is 12.3. The first-order valence-corrected chi connectivity index (χ1v) is 7.41. The molecule has 2 aromatic rings. The van der Waals surface area contributed by atoms with Gasteiger partial charge in [0.05, 0.1) is 5.33 Å². The number of aromatic nitrogens is 3. The Morgan fingerprint density at radius 2 is 1.88 bits per heavy atom. The first-order chi connectivity index (χ1) is 8.26. The highest BCUT2D eigenvalue weighted by Crippen LogP contribution is 2.22. The third-order valence-corrected chi connectivity index (χ3v) is 3.53. The van der Waals surface area contributed by atoms with E-state index in [2.05, 4.69) is 65.7 Å². The quantitative estimate of drug-likeness (QED) is 0.773. The molecule has 2 rings (SSSR count). The van der Waals surface area contributed by atoms with Gasteiger partial charge in [0, 0.05) is 16.6 Å². The van der Waals surface area contributed by atoms with Crippen molar-refractivity contribution in [3.05, 3.63) is 34.6 Å². The lowest BCUT2D eigenvalue weighted by Crippen LogP contribution is -2.03. The summed E-state index contributed by atoms with van der Waals surface area (Å²) in [5.41, 5.74) is 1.10. The highest BCUT2D eigenvalue weighted by Gasteiger charge is 2.11. The summed E-state index contributed by atoms with van der Waals surface area (Å²) in [6.45, 7) is 3.10. The number of halogens is 2. The summed E-state index contributed by atoms with van der Waals surface area (Å²) < 4.78 is 3.24. The zero-order valence-corrected chi connectivity index (χ0v) is 12.7. The van der Waals surface area contributed by atoms with Gasteiger partial charge in [0.15, 0.2) is 5.82 Å². The Bertz CT molecular complexity index is 491. The Hall–Kier alpha value is -0.680. The van der Waals surface area contributed by atoms with Gasteiger partial charge < -0.3 is 4.57 Å². The smallest absolute Gasteiger partial charge is 0.163 e. The van der Waals surface area contributed by atoms with E-state index in [1.54, 1.807) is 0 Å². The normalized spacial score (nSPS) is 10.8. The lowest BCUT2D eigenvalue weighted by atomic mass is 10.2. The predicted octanol–water partition coefficient (Wildman–Crippen LogP) is 4.01. The van der Waals surface area contributed by atoms with Crippen molar-refractivity contribution in [2.24, 2.45) is 0 Å². The highest BCUT2D eigenvalue weighted by atomic mass is 79.9. The van der Waals surface area contributed by atoms with Crippen molar-refractivity contribution in [2.45, 2.75) is 25.2 Å². The van der Waals surface area contributed by atoms with Crippen LogP contribution < -0.4 is 0 Å². The van der Waals surface area contributed by atoms with E-state index in [-0.39, 0.29) is 0 Å². The predicted molar refractivity (Wildman–Crippen MR) is 76.1 cm³/mol. The number of benzene rings is 1. The molecule has 0 spiro atoms. The fourth-order valence-electron chi connectivity index (χ4n) is 1.71. The molecule has 1 aromatic carbocycles. The molecule has 17 heavy (non-hydrogen) atoms. The molecule has 5 heteroatoms. The number of rotatable bonds is 4. The van der Waals surface area contributed by atoms with Crippen LogP contribution in [0.1, 0.15) is 19.2 Å². The Morgan fingerprint density at radius 1 is 1.18 bits per heavy atom. The zero-order valence-electron chi connectivity index (χ0n) is 9.53. The van der Waals surface area contributed by atoms with Gasteiger partial charge in [-0.05, 0) is 18.6 Å². The van der Waals surface area contributed by atoms with E-state index >= 15 is 0 Å². The second kappa shape index (κ2) is 5.78. The van der Waals surface area contributed by atoms with E-state index < -0.39 is 0 Å². The van der Waals surface area contributed by atoms with Crippen LogP contribution in [0.5, 0.6) is 0 Å². The molecule has 0 aliphatic carbocycles. The van der Waals surface area contributed by atoms with Gasteiger partial charge >= 0.3 is 0 Å². The average molecular weight is 359 g/mol. The third kappa shape index (κ3) is 2.77. The molecule has 0 aliphatic heterocycles. The summed E-state index contributed by atoms with van der Waals surface area (Å²) in [4.78, 5) is 0. The molecule has 0 saturated heterocycles. The number of alkyl halides is 1. The number of hydrogen-bond acceptors (Lipinski definition) is 2. The average Bonchev–Trinajstić information content (AvgIpc) is 2.74. The van der Waals surface area contributed by atoms with E-state index in [0.717, 1.165) is 40.0 Å². The van der Waals surface area contributed by atoms with Gasteiger partial charge in [-0.2, -0.15) is 0 Å². The van der Waals surface area contributed by atoms with Gasteiger partial charge in [-0.3, -0.25) is 0 Å². The van der Waals surface area contributed by atoms with Crippen LogP contribution in [0.3, 0.4) is 0 Å². The van der Waals surface area contributed by atoms with Crippen LogP contribution in [0.15, 0.2) is 28.7 Å². The summed E-state index contributed by atoms with van der Waals surface area (Å²) in [6, 6.07) is 8.15. The second-order valence-electron chi connectivity index (χ2n) is 3.73. The van der Waals surface area contributed by atoms with Crippen LogP contribution >= 0.6 is 31.9 Å². The minimum absolute atomic E-state index is 0.733. The summed E-state index contributed by atoms with van der Waals surface area (Å²) in [6.07, 6.45) is 1.07. The molecule has 0 fully saturated rings. The molecule has 1 aromatic heterocycles. The number of nitrogens with zero attached hydrogens (tertiary/aromatic N) is 3. The van der Waals surface area contributed by atoms with E-state index in [9.17, 15) is 0 Å². The molecule has 90 valence electrons. The van der Waals surface area contributed by atoms with Crippen molar-refractivity contribution in [3.63, 3.8) is 0 Å². The van der Waals surface area contributed by atoms with E-state index in [1.165, 1.54) is 0 Å². The van der Waals surface area contributed by atoms with Crippen molar-refractivity contribution in [3.8, 4) is 11.4 Å². The fraction of sp³-hybridized carbons (Fsp3) is 0.333. The second-order valence-corrected chi connectivity index (χ2v) is 5.21. The van der Waals surface area contributed by atoms with Crippen LogP contribution in [0.25, 0.3) is 11.4 Å². The maximum absolute atomic E-state index is 4.27. The monoisotopic (exact) mass is 357 g/mol. The van der Waals surface area contributed by atoms with Gasteiger partial charge in [-0.15, -0.1) is 10.2 Å². The van der Waals surface area contributed by atoms with Gasteiger partial charge in [0.25, 0.3) is 0 Å². The molecule has 0 unspecified atom stereocenters. The van der Waals surface area contributed by atoms with Gasteiger partial charge in [-0.1, -0.05) is 50.9 Å². The first kappa shape index (κ1) is 12.8. The molecule has 0 bridgehead atoms. The van der Waals surface area contributed by atoms with Crippen LogP contribution in [0, 0.1) is 0 Å². The molecule has 0 radical (unpaired) electrons. The standard InChI is InChI=1S/C12H13Br2N3/c1-2-7-17-11(8-13)15-16-12(17)9-3-5-10(14)6-4-9/h3-6H,2,7-8H2,1H3. The molecule has 0 aliphatic rings. The van der Waals surface area contributed by atoms with Gasteiger partial charge in [0.1, 0.15) is 5.82 Å². The van der Waals surface area contributed by atoms with Crippen molar-refractivity contribution < 1.29 is 0 Å². The Morgan fingerprint density at radius 3 is 2.47 bits per heavy atom. The van der Waals surface area contributed by atoms with Gasteiger partial charge in [0.2, 0.25) is 0 Å². The minimum Gasteiger partial charge on any atom is -0.310 e. The molecule has 0 atom stereocenters. The maximum atomic E-state index is 4.27. The summed E-state index contributed by atoms with van der Waals surface area (Å²) in [5.74, 6) is 1.92. The van der Waals surface area contributed by atoms with Crippen molar-refractivity contribution in [1.82, 2.24) is 14.8 Å². The van der Waals surface area contributed by atoms with Crippen molar-refractivity contribution in [1.29, 1.82) is 0 Å². The largest absolute Gasteiger partial charge is 0.310 e. The van der Waals surface area contributed by atoms with Gasteiger partial charge in [-0.25, -0.2) is 0 Å². The van der Waals surface area contributed by atoms with E-state index in [0.29, 0.717) is 0 Å². The molecule has 1 heterocycles. The molecular weight excluding hydrogens is 346 g/mol. The lowest BCUT2D eigenvalue weighted by molar-refractivity contribution is 0.661. The van der Waals surface area contributed by atoms with Crippen molar-refractivity contribution >= 4 is 31.9 Å².